The quantitative estimate of drug-likeness (QED) is 0.740. The lowest BCUT2D eigenvalue weighted by atomic mass is 10.2. The second-order valence-corrected chi connectivity index (χ2v) is 8.36. The minimum Gasteiger partial charge on any atom is -0.364 e. The molecule has 0 atom stereocenters. The van der Waals surface area contributed by atoms with Crippen molar-refractivity contribution in [1.82, 2.24) is 4.98 Å². The molecule has 9 heteroatoms. The van der Waals surface area contributed by atoms with Crippen LogP contribution in [0.15, 0.2) is 39.9 Å². The molecule has 1 aromatic carbocycles. The van der Waals surface area contributed by atoms with Gasteiger partial charge in [-0.2, -0.15) is 0 Å². The van der Waals surface area contributed by atoms with Crippen LogP contribution in [0, 0.1) is 0 Å². The molecule has 0 aliphatic rings. The Labute approximate surface area is 141 Å². The van der Waals surface area contributed by atoms with E-state index in [1.165, 1.54) is 19.2 Å². The third-order valence-electron chi connectivity index (χ3n) is 3.43. The smallest absolute Gasteiger partial charge is 0.273 e. The van der Waals surface area contributed by atoms with Crippen LogP contribution in [0.1, 0.15) is 10.5 Å². The number of fused-ring (bicyclic) bond motifs is 1. The summed E-state index contributed by atoms with van der Waals surface area (Å²) in [4.78, 5) is 14.2. The van der Waals surface area contributed by atoms with E-state index in [0.717, 1.165) is 15.6 Å². The molecule has 23 heavy (non-hydrogen) atoms. The molecule has 0 aliphatic heterocycles. The first-order valence-corrected chi connectivity index (χ1v) is 9.15. The number of nitrogens with zero attached hydrogens (tertiary/aromatic N) is 1. The standard InChI is InChI=1S/C14H12ClN3O3S2/c1-18(23(20,21)12-3-2-6-22-12)11-5-4-9(15)8-7-10(14(16)19)17-13(8)11/h2-7,17H,1H3,(H2,16,19). The molecule has 2 aromatic heterocycles. The SMILES string of the molecule is CN(c1ccc(Cl)c2cc(C(N)=O)[nH]c12)S(=O)(=O)c1cccs1. The lowest BCUT2D eigenvalue weighted by Crippen LogP contribution is -2.26. The molecule has 0 fully saturated rings. The molecule has 0 saturated heterocycles. The van der Waals surface area contributed by atoms with E-state index >= 15 is 0 Å². The summed E-state index contributed by atoms with van der Waals surface area (Å²) in [6, 6.07) is 7.88. The molecule has 2 heterocycles. The number of hydrogen-bond acceptors (Lipinski definition) is 4. The van der Waals surface area contributed by atoms with Gasteiger partial charge in [-0.05, 0) is 29.6 Å². The highest BCUT2D eigenvalue weighted by Crippen LogP contribution is 2.34. The van der Waals surface area contributed by atoms with Crippen LogP contribution in [0.5, 0.6) is 0 Å². The van der Waals surface area contributed by atoms with Gasteiger partial charge in [-0.15, -0.1) is 11.3 Å². The number of nitrogens with one attached hydrogen (secondary N) is 1. The van der Waals surface area contributed by atoms with Crippen molar-refractivity contribution >= 4 is 55.5 Å². The summed E-state index contributed by atoms with van der Waals surface area (Å²) < 4.78 is 26.7. The number of primary amides is 1. The number of nitrogens with two attached hydrogens (primary N) is 1. The Morgan fingerprint density at radius 2 is 2.09 bits per heavy atom. The number of thiophene rings is 1. The topological polar surface area (TPSA) is 96.3 Å². The maximum atomic E-state index is 12.7. The van der Waals surface area contributed by atoms with Gasteiger partial charge in [0.05, 0.1) is 16.2 Å². The van der Waals surface area contributed by atoms with Gasteiger partial charge in [0, 0.05) is 12.4 Å². The van der Waals surface area contributed by atoms with Crippen LogP contribution in [0.3, 0.4) is 0 Å². The zero-order valence-corrected chi connectivity index (χ0v) is 14.3. The van der Waals surface area contributed by atoms with Gasteiger partial charge in [0.2, 0.25) is 0 Å². The second-order valence-electron chi connectivity index (χ2n) is 4.81. The van der Waals surface area contributed by atoms with Crippen LogP contribution in [0.4, 0.5) is 5.69 Å². The Morgan fingerprint density at radius 1 is 1.35 bits per heavy atom. The predicted molar refractivity (Wildman–Crippen MR) is 91.7 cm³/mol. The van der Waals surface area contributed by atoms with E-state index < -0.39 is 15.9 Å². The van der Waals surface area contributed by atoms with Gasteiger partial charge < -0.3 is 10.7 Å². The molecule has 0 radical (unpaired) electrons. The number of carbonyl (C=O) groups is 1. The summed E-state index contributed by atoms with van der Waals surface area (Å²) in [5.41, 5.74) is 6.26. The van der Waals surface area contributed by atoms with E-state index in [-0.39, 0.29) is 9.90 Å². The van der Waals surface area contributed by atoms with E-state index in [0.29, 0.717) is 21.6 Å². The van der Waals surface area contributed by atoms with Crippen molar-refractivity contribution in [3.63, 3.8) is 0 Å². The highest BCUT2D eigenvalue weighted by molar-refractivity contribution is 7.94. The van der Waals surface area contributed by atoms with Crippen molar-refractivity contribution in [3.8, 4) is 0 Å². The van der Waals surface area contributed by atoms with Gasteiger partial charge in [0.1, 0.15) is 9.90 Å². The summed E-state index contributed by atoms with van der Waals surface area (Å²) in [6.07, 6.45) is 0. The predicted octanol–water partition coefficient (Wildman–Crippen LogP) is 2.81. The zero-order chi connectivity index (χ0) is 16.8. The fraction of sp³-hybridized carbons (Fsp3) is 0.0714. The Bertz CT molecular complexity index is 994. The average Bonchev–Trinajstić information content (AvgIpc) is 3.17. The number of carbonyl (C=O) groups excluding carboxylic acids is 1. The van der Waals surface area contributed by atoms with E-state index in [9.17, 15) is 13.2 Å². The first kappa shape index (κ1) is 15.9. The molecule has 0 spiro atoms. The van der Waals surface area contributed by atoms with Crippen molar-refractivity contribution in [2.75, 3.05) is 11.4 Å². The van der Waals surface area contributed by atoms with Crippen LogP contribution in [-0.4, -0.2) is 26.4 Å². The van der Waals surface area contributed by atoms with Gasteiger partial charge in [0.25, 0.3) is 15.9 Å². The highest BCUT2D eigenvalue weighted by atomic mass is 35.5. The van der Waals surface area contributed by atoms with Gasteiger partial charge in [-0.1, -0.05) is 17.7 Å². The van der Waals surface area contributed by atoms with E-state index in [1.807, 2.05) is 0 Å². The maximum absolute atomic E-state index is 12.7. The molecular formula is C14H12ClN3O3S2. The van der Waals surface area contributed by atoms with Crippen molar-refractivity contribution < 1.29 is 13.2 Å². The van der Waals surface area contributed by atoms with Crippen LogP contribution in [0.25, 0.3) is 10.9 Å². The molecule has 3 N–H and O–H groups in total. The van der Waals surface area contributed by atoms with Crippen molar-refractivity contribution in [2.24, 2.45) is 5.73 Å². The molecule has 6 nitrogen and oxygen atoms in total. The maximum Gasteiger partial charge on any atom is 0.273 e. The fourth-order valence-corrected chi connectivity index (χ4v) is 4.82. The first-order valence-electron chi connectivity index (χ1n) is 6.46. The summed E-state index contributed by atoms with van der Waals surface area (Å²) in [5.74, 6) is -0.646. The normalized spacial score (nSPS) is 11.7. The third-order valence-corrected chi connectivity index (χ3v) is 6.91. The molecule has 0 aliphatic carbocycles. The van der Waals surface area contributed by atoms with E-state index in [1.54, 1.807) is 23.6 Å². The Balaban J connectivity index is 2.20. The Kier molecular flexibility index (Phi) is 3.83. The number of aromatic nitrogens is 1. The first-order chi connectivity index (χ1) is 10.8. The molecule has 120 valence electrons. The van der Waals surface area contributed by atoms with Crippen molar-refractivity contribution in [1.29, 1.82) is 0 Å². The molecule has 3 aromatic rings. The summed E-state index contributed by atoms with van der Waals surface area (Å²) in [6.45, 7) is 0. The monoisotopic (exact) mass is 369 g/mol. The van der Waals surface area contributed by atoms with Crippen molar-refractivity contribution in [3.05, 3.63) is 46.4 Å². The van der Waals surface area contributed by atoms with Gasteiger partial charge >= 0.3 is 0 Å². The third kappa shape index (κ3) is 2.58. The number of benzene rings is 1. The van der Waals surface area contributed by atoms with E-state index in [4.69, 9.17) is 17.3 Å². The van der Waals surface area contributed by atoms with Crippen LogP contribution >= 0.6 is 22.9 Å². The number of aromatic amines is 1. The zero-order valence-electron chi connectivity index (χ0n) is 11.9. The fourth-order valence-electron chi connectivity index (χ4n) is 2.24. The molecule has 0 unspecified atom stereocenters. The summed E-state index contributed by atoms with van der Waals surface area (Å²) >= 11 is 7.26. The number of rotatable bonds is 4. The number of halogens is 1. The molecular weight excluding hydrogens is 358 g/mol. The van der Waals surface area contributed by atoms with E-state index in [2.05, 4.69) is 4.98 Å². The van der Waals surface area contributed by atoms with Crippen molar-refractivity contribution in [2.45, 2.75) is 4.21 Å². The number of amides is 1. The van der Waals surface area contributed by atoms with Gasteiger partial charge in [-0.3, -0.25) is 9.10 Å². The summed E-state index contributed by atoms with van der Waals surface area (Å²) in [5, 5.41) is 2.62. The van der Waals surface area contributed by atoms with Gasteiger partial charge in [0.15, 0.2) is 0 Å². The summed E-state index contributed by atoms with van der Waals surface area (Å²) in [7, 11) is -2.24. The number of H-pyrrole nitrogens is 1. The largest absolute Gasteiger partial charge is 0.364 e. The van der Waals surface area contributed by atoms with Crippen LogP contribution < -0.4 is 10.0 Å². The molecule has 1 amide bonds. The van der Waals surface area contributed by atoms with Crippen LogP contribution in [0.2, 0.25) is 5.02 Å². The van der Waals surface area contributed by atoms with Gasteiger partial charge in [-0.25, -0.2) is 8.42 Å². The minimum atomic E-state index is -3.69. The number of anilines is 1. The number of hydrogen-bond donors (Lipinski definition) is 2. The average molecular weight is 370 g/mol. The highest BCUT2D eigenvalue weighted by Gasteiger charge is 2.25. The van der Waals surface area contributed by atoms with Crippen LogP contribution in [-0.2, 0) is 10.0 Å². The molecule has 0 saturated carbocycles. The second kappa shape index (κ2) is 5.55. The minimum absolute atomic E-state index is 0.163. The lowest BCUT2D eigenvalue weighted by molar-refractivity contribution is 0.0996. The molecule has 0 bridgehead atoms. The Hall–Kier alpha value is -2.03. The molecule has 3 rings (SSSR count). The number of sulfonamides is 1. The lowest BCUT2D eigenvalue weighted by Gasteiger charge is -2.19. The Morgan fingerprint density at radius 3 is 2.70 bits per heavy atom.